The largest absolute Gasteiger partial charge is 0.390 e. The first-order valence-corrected chi connectivity index (χ1v) is 5.38. The number of amides is 1. The Morgan fingerprint density at radius 2 is 1.94 bits per heavy atom. The Morgan fingerprint density at radius 3 is 2.38 bits per heavy atom. The normalized spacial score (nSPS) is 19.6. The molecule has 1 aliphatic heterocycles. The van der Waals surface area contributed by atoms with Crippen LogP contribution in [0.2, 0.25) is 0 Å². The molecular weight excluding hydrogens is 221 g/mol. The number of alkyl halides is 3. The average Bonchev–Trinajstić information content (AvgIpc) is 2.14. The van der Waals surface area contributed by atoms with Crippen LogP contribution in [0.4, 0.5) is 13.2 Å². The van der Waals surface area contributed by atoms with Crippen LogP contribution in [0.1, 0.15) is 20.3 Å². The predicted molar refractivity (Wildman–Crippen MR) is 54.0 cm³/mol. The summed E-state index contributed by atoms with van der Waals surface area (Å²) in [5, 5.41) is 0. The van der Waals surface area contributed by atoms with Crippen LogP contribution in [-0.2, 0) is 4.79 Å². The van der Waals surface area contributed by atoms with Gasteiger partial charge < -0.3 is 4.90 Å². The van der Waals surface area contributed by atoms with E-state index < -0.39 is 12.6 Å². The molecular formula is C10H17F3N2O. The highest BCUT2D eigenvalue weighted by Gasteiger charge is 2.31. The van der Waals surface area contributed by atoms with E-state index in [4.69, 9.17) is 0 Å². The van der Waals surface area contributed by atoms with Crippen molar-refractivity contribution in [3.8, 4) is 0 Å². The monoisotopic (exact) mass is 238 g/mol. The van der Waals surface area contributed by atoms with Crippen molar-refractivity contribution < 1.29 is 18.0 Å². The molecule has 1 saturated heterocycles. The van der Waals surface area contributed by atoms with Crippen LogP contribution in [0.25, 0.3) is 0 Å². The Morgan fingerprint density at radius 1 is 1.31 bits per heavy atom. The van der Waals surface area contributed by atoms with Crippen molar-refractivity contribution in [1.29, 1.82) is 0 Å². The highest BCUT2D eigenvalue weighted by molar-refractivity contribution is 5.79. The molecule has 0 spiro atoms. The molecule has 0 aromatic heterocycles. The lowest BCUT2D eigenvalue weighted by atomic mass is 10.2. The van der Waals surface area contributed by atoms with Crippen LogP contribution in [0, 0.1) is 0 Å². The zero-order valence-electron chi connectivity index (χ0n) is 9.55. The van der Waals surface area contributed by atoms with E-state index in [1.54, 1.807) is 0 Å². The first-order valence-electron chi connectivity index (χ1n) is 5.38. The molecule has 1 aliphatic rings. The molecule has 1 amide bonds. The van der Waals surface area contributed by atoms with Gasteiger partial charge in [0.25, 0.3) is 0 Å². The van der Waals surface area contributed by atoms with Gasteiger partial charge in [0, 0.05) is 25.7 Å². The zero-order valence-corrected chi connectivity index (χ0v) is 9.55. The molecule has 6 heteroatoms. The van der Waals surface area contributed by atoms with Crippen LogP contribution in [0.15, 0.2) is 0 Å². The fourth-order valence-electron chi connectivity index (χ4n) is 1.67. The molecule has 0 N–H and O–H groups in total. The summed E-state index contributed by atoms with van der Waals surface area (Å²) in [6, 6.07) is 0.258. The van der Waals surface area contributed by atoms with Gasteiger partial charge in [-0.25, -0.2) is 0 Å². The van der Waals surface area contributed by atoms with E-state index in [1.807, 2.05) is 18.7 Å². The summed E-state index contributed by atoms with van der Waals surface area (Å²) in [5.74, 6) is -0.204. The first-order chi connectivity index (χ1) is 7.29. The van der Waals surface area contributed by atoms with Gasteiger partial charge in [-0.2, -0.15) is 13.2 Å². The molecule has 0 aromatic rings. The Hall–Kier alpha value is -0.780. The van der Waals surface area contributed by atoms with Gasteiger partial charge in [-0.3, -0.25) is 9.69 Å². The van der Waals surface area contributed by atoms with E-state index in [9.17, 15) is 18.0 Å². The molecule has 3 nitrogen and oxygen atoms in total. The molecule has 0 radical (unpaired) electrons. The van der Waals surface area contributed by atoms with Crippen molar-refractivity contribution in [2.45, 2.75) is 32.5 Å². The van der Waals surface area contributed by atoms with Gasteiger partial charge in [-0.15, -0.1) is 0 Å². The molecule has 0 unspecified atom stereocenters. The molecule has 0 aromatic carbocycles. The lowest BCUT2D eigenvalue weighted by Gasteiger charge is -2.36. The summed E-state index contributed by atoms with van der Waals surface area (Å²) in [6.07, 6.45) is -5.10. The number of halogens is 3. The second-order valence-electron chi connectivity index (χ2n) is 4.31. The third-order valence-corrected chi connectivity index (χ3v) is 2.74. The number of piperazine rings is 1. The number of carbonyl (C=O) groups excluding carboxylic acids is 1. The van der Waals surface area contributed by atoms with Crippen LogP contribution in [0.3, 0.4) is 0 Å². The Kier molecular flexibility index (Phi) is 4.18. The maximum absolute atomic E-state index is 12.0. The molecule has 16 heavy (non-hydrogen) atoms. The van der Waals surface area contributed by atoms with Gasteiger partial charge in [0.2, 0.25) is 5.91 Å². The number of carbonyl (C=O) groups is 1. The Balaban J connectivity index is 2.39. The number of hydrogen-bond donors (Lipinski definition) is 0. The van der Waals surface area contributed by atoms with Crippen molar-refractivity contribution in [3.63, 3.8) is 0 Å². The maximum Gasteiger partial charge on any atom is 0.390 e. The smallest absolute Gasteiger partial charge is 0.340 e. The highest BCUT2D eigenvalue weighted by Crippen LogP contribution is 2.20. The van der Waals surface area contributed by atoms with Gasteiger partial charge in [0.1, 0.15) is 0 Å². The van der Waals surface area contributed by atoms with Crippen molar-refractivity contribution >= 4 is 5.91 Å². The van der Waals surface area contributed by atoms with Crippen LogP contribution >= 0.6 is 0 Å². The first kappa shape index (κ1) is 13.3. The second-order valence-corrected chi connectivity index (χ2v) is 4.31. The predicted octanol–water partition coefficient (Wildman–Crippen LogP) is 1.49. The average molecular weight is 238 g/mol. The lowest BCUT2D eigenvalue weighted by molar-refractivity contribution is -0.149. The minimum absolute atomic E-state index is 0.204. The molecule has 0 bridgehead atoms. The fourth-order valence-corrected chi connectivity index (χ4v) is 1.67. The summed E-state index contributed by atoms with van der Waals surface area (Å²) in [4.78, 5) is 14.8. The Labute approximate surface area is 93.2 Å². The second kappa shape index (κ2) is 5.03. The maximum atomic E-state index is 12.0. The van der Waals surface area contributed by atoms with Crippen molar-refractivity contribution in [1.82, 2.24) is 9.80 Å². The molecule has 94 valence electrons. The minimum atomic E-state index is -4.19. The van der Waals surface area contributed by atoms with Crippen LogP contribution in [0.5, 0.6) is 0 Å². The molecule has 0 saturated carbocycles. The molecule has 1 fully saturated rings. The molecule has 0 aliphatic carbocycles. The van der Waals surface area contributed by atoms with E-state index in [1.165, 1.54) is 4.90 Å². The van der Waals surface area contributed by atoms with Gasteiger partial charge in [0.15, 0.2) is 0 Å². The van der Waals surface area contributed by atoms with Gasteiger partial charge >= 0.3 is 6.18 Å². The van der Waals surface area contributed by atoms with Crippen molar-refractivity contribution in [2.75, 3.05) is 26.2 Å². The van der Waals surface area contributed by atoms with Crippen LogP contribution in [-0.4, -0.2) is 54.1 Å². The van der Waals surface area contributed by atoms with Gasteiger partial charge in [-0.1, -0.05) is 0 Å². The standard InChI is InChI=1S/C10H17F3N2O/c1-8(2)15-6-5-14(9(16)7-15)4-3-10(11,12)13/h8H,3-7H2,1-2H3. The highest BCUT2D eigenvalue weighted by atomic mass is 19.4. The van der Waals surface area contributed by atoms with E-state index >= 15 is 0 Å². The topological polar surface area (TPSA) is 23.6 Å². The Bertz CT molecular complexity index is 253. The van der Waals surface area contributed by atoms with Crippen molar-refractivity contribution in [2.24, 2.45) is 0 Å². The fraction of sp³-hybridized carbons (Fsp3) is 0.900. The minimum Gasteiger partial charge on any atom is -0.340 e. The van der Waals surface area contributed by atoms with Crippen LogP contribution < -0.4 is 0 Å². The molecule has 1 heterocycles. The van der Waals surface area contributed by atoms with E-state index in [-0.39, 0.29) is 25.0 Å². The quantitative estimate of drug-likeness (QED) is 0.743. The molecule has 1 rings (SSSR count). The third kappa shape index (κ3) is 4.00. The SMILES string of the molecule is CC(C)N1CCN(CCC(F)(F)F)C(=O)C1. The number of nitrogens with zero attached hydrogens (tertiary/aromatic N) is 2. The summed E-state index contributed by atoms with van der Waals surface area (Å²) in [7, 11) is 0. The van der Waals surface area contributed by atoms with Crippen molar-refractivity contribution in [3.05, 3.63) is 0 Å². The molecule has 0 atom stereocenters. The van der Waals surface area contributed by atoms with E-state index in [0.29, 0.717) is 13.1 Å². The zero-order chi connectivity index (χ0) is 12.3. The number of hydrogen-bond acceptors (Lipinski definition) is 2. The summed E-state index contributed by atoms with van der Waals surface area (Å²) in [6.45, 7) is 5.01. The number of rotatable bonds is 3. The van der Waals surface area contributed by atoms with Gasteiger partial charge in [0.05, 0.1) is 13.0 Å². The van der Waals surface area contributed by atoms with E-state index in [0.717, 1.165) is 0 Å². The summed E-state index contributed by atoms with van der Waals surface area (Å²) < 4.78 is 36.0. The van der Waals surface area contributed by atoms with Gasteiger partial charge in [-0.05, 0) is 13.8 Å². The third-order valence-electron chi connectivity index (χ3n) is 2.74. The van der Waals surface area contributed by atoms with E-state index in [2.05, 4.69) is 0 Å². The summed E-state index contributed by atoms with van der Waals surface area (Å²) >= 11 is 0. The summed E-state index contributed by atoms with van der Waals surface area (Å²) in [5.41, 5.74) is 0. The lowest BCUT2D eigenvalue weighted by Crippen LogP contribution is -2.52.